The number of carbonyl (C=O) groups excluding carboxylic acids is 1. The number of rotatable bonds is 7. The van der Waals surface area contributed by atoms with Gasteiger partial charge in [-0.15, -0.1) is 0 Å². The third-order valence-corrected chi connectivity index (χ3v) is 4.81. The Morgan fingerprint density at radius 1 is 1.11 bits per heavy atom. The fourth-order valence-electron chi connectivity index (χ4n) is 3.23. The largest absolute Gasteiger partial charge is 0.444 e. The number of fused-ring (bicyclic) bond motifs is 1. The minimum atomic E-state index is 0.0417. The van der Waals surface area contributed by atoms with Crippen LogP contribution in [-0.4, -0.2) is 22.0 Å². The molecule has 5 nitrogen and oxygen atoms in total. The van der Waals surface area contributed by atoms with Crippen molar-refractivity contribution in [1.29, 1.82) is 0 Å². The lowest BCUT2D eigenvalue weighted by atomic mass is 10.1. The van der Waals surface area contributed by atoms with Gasteiger partial charge in [0.2, 0.25) is 11.8 Å². The molecular weight excluding hydrogens is 350 g/mol. The van der Waals surface area contributed by atoms with Gasteiger partial charge in [-0.3, -0.25) is 4.79 Å². The molecule has 2 aromatic carbocycles. The zero-order valence-electron chi connectivity index (χ0n) is 15.9. The summed E-state index contributed by atoms with van der Waals surface area (Å²) < 4.78 is 7.67. The number of aromatic nitrogens is 2. The molecule has 142 valence electrons. The van der Waals surface area contributed by atoms with E-state index in [-0.39, 0.29) is 5.91 Å². The lowest BCUT2D eigenvalue weighted by Gasteiger charge is -2.06. The molecule has 0 aliphatic carbocycles. The van der Waals surface area contributed by atoms with Crippen molar-refractivity contribution in [3.05, 3.63) is 78.3 Å². The van der Waals surface area contributed by atoms with E-state index in [0.717, 1.165) is 16.8 Å². The average Bonchev–Trinajstić information content (AvgIpc) is 3.34. The van der Waals surface area contributed by atoms with Gasteiger partial charge in [-0.2, -0.15) is 0 Å². The number of benzene rings is 2. The Hall–Kier alpha value is -3.34. The van der Waals surface area contributed by atoms with Crippen LogP contribution in [0.1, 0.15) is 17.7 Å². The van der Waals surface area contributed by atoms with E-state index in [9.17, 15) is 4.79 Å². The minimum Gasteiger partial charge on any atom is -0.444 e. The van der Waals surface area contributed by atoms with Gasteiger partial charge in [0.25, 0.3) is 0 Å². The number of hydrogen-bond donors (Lipinski definition) is 1. The van der Waals surface area contributed by atoms with E-state index >= 15 is 0 Å². The summed E-state index contributed by atoms with van der Waals surface area (Å²) in [5.41, 5.74) is 4.15. The first-order valence-electron chi connectivity index (χ1n) is 9.51. The average molecular weight is 373 g/mol. The quantitative estimate of drug-likeness (QED) is 0.524. The van der Waals surface area contributed by atoms with Gasteiger partial charge in [-0.05, 0) is 36.6 Å². The summed E-state index contributed by atoms with van der Waals surface area (Å²) in [7, 11) is 0. The van der Waals surface area contributed by atoms with Gasteiger partial charge in [-0.25, -0.2) is 4.98 Å². The predicted octanol–water partition coefficient (Wildman–Crippen LogP) is 4.35. The fraction of sp³-hybridized carbons (Fsp3) is 0.217. The van der Waals surface area contributed by atoms with Crippen LogP contribution < -0.4 is 5.32 Å². The highest BCUT2D eigenvalue weighted by atomic mass is 16.3. The number of para-hydroxylation sites is 1. The molecule has 0 aliphatic heterocycles. The van der Waals surface area contributed by atoms with Gasteiger partial charge in [0, 0.05) is 43.2 Å². The van der Waals surface area contributed by atoms with Crippen LogP contribution >= 0.6 is 0 Å². The topological polar surface area (TPSA) is 60.1 Å². The molecule has 0 radical (unpaired) electrons. The molecule has 4 aromatic rings. The van der Waals surface area contributed by atoms with Gasteiger partial charge < -0.3 is 14.3 Å². The monoisotopic (exact) mass is 373 g/mol. The smallest absolute Gasteiger partial charge is 0.226 e. The molecule has 0 aliphatic rings. The molecule has 0 spiro atoms. The Morgan fingerprint density at radius 3 is 2.79 bits per heavy atom. The third-order valence-electron chi connectivity index (χ3n) is 4.81. The summed E-state index contributed by atoms with van der Waals surface area (Å²) >= 11 is 0. The van der Waals surface area contributed by atoms with Gasteiger partial charge >= 0.3 is 0 Å². The maximum absolute atomic E-state index is 12.2. The van der Waals surface area contributed by atoms with Crippen molar-refractivity contribution in [2.45, 2.75) is 26.3 Å². The molecule has 0 bridgehead atoms. The molecule has 1 amide bonds. The highest BCUT2D eigenvalue weighted by Gasteiger charge is 2.08. The number of hydrogen-bond acceptors (Lipinski definition) is 3. The summed E-state index contributed by atoms with van der Waals surface area (Å²) in [5, 5.41) is 4.16. The zero-order chi connectivity index (χ0) is 19.3. The first-order chi connectivity index (χ1) is 13.7. The summed E-state index contributed by atoms with van der Waals surface area (Å²) in [4.78, 5) is 16.7. The molecule has 28 heavy (non-hydrogen) atoms. The maximum atomic E-state index is 12.2. The van der Waals surface area contributed by atoms with Crippen LogP contribution in [0.3, 0.4) is 0 Å². The lowest BCUT2D eigenvalue weighted by Crippen LogP contribution is -2.26. The van der Waals surface area contributed by atoms with Crippen LogP contribution in [0.4, 0.5) is 0 Å². The maximum Gasteiger partial charge on any atom is 0.226 e. The normalized spacial score (nSPS) is 11.0. The molecule has 1 N–H and O–H groups in total. The summed E-state index contributed by atoms with van der Waals surface area (Å²) in [6.45, 7) is 3.26. The van der Waals surface area contributed by atoms with Gasteiger partial charge in [0.15, 0.2) is 0 Å². The van der Waals surface area contributed by atoms with Gasteiger partial charge in [-0.1, -0.05) is 35.9 Å². The predicted molar refractivity (Wildman–Crippen MR) is 110 cm³/mol. The number of carbonyl (C=O) groups is 1. The molecule has 0 fully saturated rings. The second-order valence-corrected chi connectivity index (χ2v) is 6.93. The SMILES string of the molecule is Cc1ccc(-c2nc(CCNC(=O)CCn3ccc4ccccc43)co2)cc1. The van der Waals surface area contributed by atoms with Crippen molar-refractivity contribution in [3.63, 3.8) is 0 Å². The Labute approximate surface area is 164 Å². The van der Waals surface area contributed by atoms with Gasteiger partial charge in [0.1, 0.15) is 6.26 Å². The van der Waals surface area contributed by atoms with E-state index in [1.807, 2.05) is 49.5 Å². The molecule has 0 atom stereocenters. The Balaban J connectivity index is 1.25. The highest BCUT2D eigenvalue weighted by Crippen LogP contribution is 2.19. The standard InChI is InChI=1S/C23H23N3O2/c1-17-6-8-19(9-7-17)23-25-20(16-28-23)10-13-24-22(27)12-15-26-14-11-18-4-2-3-5-21(18)26/h2-9,11,14,16H,10,12-13,15H2,1H3,(H,24,27). The van der Waals surface area contributed by atoms with Crippen LogP contribution in [0.2, 0.25) is 0 Å². The number of aryl methyl sites for hydroxylation is 2. The van der Waals surface area contributed by atoms with Crippen molar-refractivity contribution in [2.24, 2.45) is 0 Å². The Kier molecular flexibility index (Phi) is 5.24. The van der Waals surface area contributed by atoms with E-state index in [0.29, 0.717) is 31.8 Å². The van der Waals surface area contributed by atoms with Crippen molar-refractivity contribution >= 4 is 16.8 Å². The van der Waals surface area contributed by atoms with E-state index in [1.165, 1.54) is 10.9 Å². The molecule has 2 aromatic heterocycles. The molecule has 0 saturated carbocycles. The molecular formula is C23H23N3O2. The second-order valence-electron chi connectivity index (χ2n) is 6.93. The van der Waals surface area contributed by atoms with E-state index in [4.69, 9.17) is 4.42 Å². The van der Waals surface area contributed by atoms with Crippen molar-refractivity contribution < 1.29 is 9.21 Å². The molecule has 0 unspecified atom stereocenters. The molecule has 4 rings (SSSR count). The van der Waals surface area contributed by atoms with Crippen LogP contribution in [0, 0.1) is 6.92 Å². The van der Waals surface area contributed by atoms with Crippen LogP contribution in [0.15, 0.2) is 71.5 Å². The second kappa shape index (κ2) is 8.13. The third kappa shape index (κ3) is 4.14. The summed E-state index contributed by atoms with van der Waals surface area (Å²) in [6, 6.07) is 18.3. The van der Waals surface area contributed by atoms with Crippen molar-refractivity contribution in [3.8, 4) is 11.5 Å². The summed E-state index contributed by atoms with van der Waals surface area (Å²) in [5.74, 6) is 0.654. The molecule has 0 saturated heterocycles. The van der Waals surface area contributed by atoms with E-state index in [2.05, 4.69) is 33.1 Å². The number of nitrogens with one attached hydrogen (secondary N) is 1. The van der Waals surface area contributed by atoms with Crippen LogP contribution in [0.5, 0.6) is 0 Å². The van der Waals surface area contributed by atoms with Crippen molar-refractivity contribution in [2.75, 3.05) is 6.54 Å². The van der Waals surface area contributed by atoms with Crippen molar-refractivity contribution in [1.82, 2.24) is 14.9 Å². The first kappa shape index (κ1) is 18.0. The zero-order valence-corrected chi connectivity index (χ0v) is 15.9. The Bertz CT molecular complexity index is 1080. The van der Waals surface area contributed by atoms with E-state index in [1.54, 1.807) is 6.26 Å². The van der Waals surface area contributed by atoms with E-state index < -0.39 is 0 Å². The Morgan fingerprint density at radius 2 is 1.93 bits per heavy atom. The molecule has 5 heteroatoms. The van der Waals surface area contributed by atoms with Crippen LogP contribution in [-0.2, 0) is 17.8 Å². The van der Waals surface area contributed by atoms with Gasteiger partial charge in [0.05, 0.1) is 5.69 Å². The van der Waals surface area contributed by atoms with Crippen LogP contribution in [0.25, 0.3) is 22.4 Å². The number of amides is 1. The first-order valence-corrected chi connectivity index (χ1v) is 9.51. The summed E-state index contributed by atoms with van der Waals surface area (Å²) in [6.07, 6.45) is 4.78. The highest BCUT2D eigenvalue weighted by molar-refractivity contribution is 5.80. The lowest BCUT2D eigenvalue weighted by molar-refractivity contribution is -0.121. The number of nitrogens with zero attached hydrogens (tertiary/aromatic N) is 2. The number of oxazole rings is 1. The molecule has 2 heterocycles. The minimum absolute atomic E-state index is 0.0417. The fourth-order valence-corrected chi connectivity index (χ4v) is 3.23.